The Morgan fingerprint density at radius 2 is 1.66 bits per heavy atom. The summed E-state index contributed by atoms with van der Waals surface area (Å²) in [6, 6.07) is 24.3. The number of ketones is 1. The summed E-state index contributed by atoms with van der Waals surface area (Å²) in [5, 5.41) is 3.60. The average molecular weight is 446 g/mol. The number of aryl methyl sites for hydroxylation is 1. The van der Waals surface area contributed by atoms with E-state index in [4.69, 9.17) is 11.6 Å². The van der Waals surface area contributed by atoms with Crippen molar-refractivity contribution in [3.63, 3.8) is 0 Å². The molecule has 32 heavy (non-hydrogen) atoms. The van der Waals surface area contributed by atoms with E-state index in [1.54, 1.807) is 28.8 Å². The van der Waals surface area contributed by atoms with E-state index >= 15 is 0 Å². The molecule has 0 aliphatic heterocycles. The summed E-state index contributed by atoms with van der Waals surface area (Å²) in [5.41, 5.74) is 3.14. The van der Waals surface area contributed by atoms with Gasteiger partial charge in [0.15, 0.2) is 5.82 Å². The van der Waals surface area contributed by atoms with Gasteiger partial charge in [0.05, 0.1) is 11.0 Å². The minimum absolute atomic E-state index is 0.00732. The van der Waals surface area contributed by atoms with Gasteiger partial charge in [0.1, 0.15) is 6.54 Å². The standard InChI is InChI=1S/C26H24ClN3O2/c1-18(11-12-19-7-3-2-4-8-19)28-24(31)17-30-23-10-6-5-9-22(23)29-26(30)25(32)20-13-15-21(27)16-14-20/h2-10,13-16,18H,11-12,17H2,1H3,(H,28,31). The Kier molecular flexibility index (Phi) is 6.66. The predicted octanol–water partition coefficient (Wildman–Crippen LogP) is 5.06. The van der Waals surface area contributed by atoms with E-state index in [1.807, 2.05) is 49.4 Å². The SMILES string of the molecule is CC(CCc1ccccc1)NC(=O)Cn1c(C(=O)c2ccc(Cl)cc2)nc2ccccc21. The zero-order valence-corrected chi connectivity index (χ0v) is 18.5. The Hall–Kier alpha value is -3.44. The van der Waals surface area contributed by atoms with Crippen molar-refractivity contribution < 1.29 is 9.59 Å². The van der Waals surface area contributed by atoms with E-state index in [0.717, 1.165) is 18.4 Å². The number of para-hydroxylation sites is 2. The number of carbonyl (C=O) groups is 2. The number of imidazole rings is 1. The molecule has 5 nitrogen and oxygen atoms in total. The van der Waals surface area contributed by atoms with Crippen LogP contribution in [0.4, 0.5) is 0 Å². The molecule has 0 spiro atoms. The van der Waals surface area contributed by atoms with Crippen LogP contribution in [0.25, 0.3) is 11.0 Å². The second-order valence-corrected chi connectivity index (χ2v) is 8.28. The lowest BCUT2D eigenvalue weighted by Gasteiger charge is -2.15. The summed E-state index contributed by atoms with van der Waals surface area (Å²) in [5.74, 6) is -0.165. The van der Waals surface area contributed by atoms with Crippen molar-refractivity contribution in [3.05, 3.63) is 101 Å². The number of nitrogens with one attached hydrogen (secondary N) is 1. The van der Waals surface area contributed by atoms with Gasteiger partial charge in [-0.3, -0.25) is 9.59 Å². The number of aromatic nitrogens is 2. The number of carbonyl (C=O) groups excluding carboxylic acids is 2. The van der Waals surface area contributed by atoms with Crippen LogP contribution in [0.2, 0.25) is 5.02 Å². The highest BCUT2D eigenvalue weighted by Crippen LogP contribution is 2.20. The molecular weight excluding hydrogens is 422 g/mol. The summed E-state index contributed by atoms with van der Waals surface area (Å²) < 4.78 is 1.69. The summed E-state index contributed by atoms with van der Waals surface area (Å²) in [4.78, 5) is 30.5. The first kappa shape index (κ1) is 21.8. The third kappa shape index (κ3) is 5.06. The van der Waals surface area contributed by atoms with Crippen molar-refractivity contribution in [1.82, 2.24) is 14.9 Å². The fraction of sp³-hybridized carbons (Fsp3) is 0.192. The molecule has 1 N–H and O–H groups in total. The second-order valence-electron chi connectivity index (χ2n) is 7.84. The molecule has 1 atom stereocenters. The molecule has 3 aromatic carbocycles. The highest BCUT2D eigenvalue weighted by atomic mass is 35.5. The maximum atomic E-state index is 13.2. The van der Waals surface area contributed by atoms with Gasteiger partial charge in [-0.15, -0.1) is 0 Å². The Labute approximate surface area is 192 Å². The van der Waals surface area contributed by atoms with Crippen LogP contribution in [0.5, 0.6) is 0 Å². The number of amides is 1. The van der Waals surface area contributed by atoms with Gasteiger partial charge in [-0.05, 0) is 61.7 Å². The van der Waals surface area contributed by atoms with Crippen molar-refractivity contribution in [2.45, 2.75) is 32.4 Å². The molecule has 0 radical (unpaired) electrons. The quantitative estimate of drug-likeness (QED) is 0.385. The van der Waals surface area contributed by atoms with E-state index in [9.17, 15) is 9.59 Å². The number of nitrogens with zero attached hydrogens (tertiary/aromatic N) is 2. The first-order chi connectivity index (χ1) is 15.5. The lowest BCUT2D eigenvalue weighted by atomic mass is 10.1. The van der Waals surface area contributed by atoms with Crippen molar-refractivity contribution in [2.75, 3.05) is 0 Å². The van der Waals surface area contributed by atoms with E-state index < -0.39 is 0 Å². The summed E-state index contributed by atoms with van der Waals surface area (Å²) in [6.07, 6.45) is 1.72. The largest absolute Gasteiger partial charge is 0.352 e. The summed E-state index contributed by atoms with van der Waals surface area (Å²) in [6.45, 7) is 2.01. The number of fused-ring (bicyclic) bond motifs is 1. The molecule has 0 aliphatic carbocycles. The molecule has 1 heterocycles. The van der Waals surface area contributed by atoms with Crippen molar-refractivity contribution in [2.24, 2.45) is 0 Å². The van der Waals surface area contributed by atoms with E-state index in [0.29, 0.717) is 16.1 Å². The van der Waals surface area contributed by atoms with Gasteiger partial charge >= 0.3 is 0 Å². The van der Waals surface area contributed by atoms with E-state index in [-0.39, 0.29) is 30.1 Å². The van der Waals surface area contributed by atoms with Gasteiger partial charge in [0.25, 0.3) is 0 Å². The maximum absolute atomic E-state index is 13.2. The zero-order valence-electron chi connectivity index (χ0n) is 17.8. The Balaban J connectivity index is 1.51. The normalized spacial score (nSPS) is 11.9. The van der Waals surface area contributed by atoms with Gasteiger partial charge < -0.3 is 9.88 Å². The Bertz CT molecular complexity index is 1230. The van der Waals surface area contributed by atoms with E-state index in [2.05, 4.69) is 22.4 Å². The fourth-order valence-electron chi connectivity index (χ4n) is 3.70. The molecule has 0 saturated carbocycles. The molecule has 1 amide bonds. The van der Waals surface area contributed by atoms with Crippen molar-refractivity contribution in [1.29, 1.82) is 0 Å². The minimum atomic E-state index is -0.247. The van der Waals surface area contributed by atoms with Crippen LogP contribution in [0.15, 0.2) is 78.9 Å². The number of hydrogen-bond donors (Lipinski definition) is 1. The first-order valence-corrected chi connectivity index (χ1v) is 11.0. The van der Waals surface area contributed by atoms with Crippen molar-refractivity contribution in [3.8, 4) is 0 Å². The summed E-state index contributed by atoms with van der Waals surface area (Å²) in [7, 11) is 0. The number of benzene rings is 3. The number of hydrogen-bond acceptors (Lipinski definition) is 3. The van der Waals surface area contributed by atoms with E-state index in [1.165, 1.54) is 5.56 Å². The van der Waals surface area contributed by atoms with Crippen LogP contribution in [-0.4, -0.2) is 27.3 Å². The van der Waals surface area contributed by atoms with Gasteiger partial charge in [-0.25, -0.2) is 4.98 Å². The van der Waals surface area contributed by atoms with Gasteiger partial charge in [0, 0.05) is 16.6 Å². The molecule has 4 aromatic rings. The topological polar surface area (TPSA) is 64.0 Å². The summed E-state index contributed by atoms with van der Waals surface area (Å²) >= 11 is 5.95. The highest BCUT2D eigenvalue weighted by Gasteiger charge is 2.21. The Morgan fingerprint density at radius 3 is 2.41 bits per heavy atom. The van der Waals surface area contributed by atoms with Crippen LogP contribution in [0, 0.1) is 0 Å². The van der Waals surface area contributed by atoms with Gasteiger partial charge in [-0.1, -0.05) is 54.1 Å². The van der Waals surface area contributed by atoms with Crippen LogP contribution in [-0.2, 0) is 17.8 Å². The molecule has 0 saturated heterocycles. The highest BCUT2D eigenvalue weighted by molar-refractivity contribution is 6.30. The van der Waals surface area contributed by atoms with Crippen LogP contribution in [0.1, 0.15) is 35.1 Å². The molecular formula is C26H24ClN3O2. The third-order valence-electron chi connectivity index (χ3n) is 5.38. The number of rotatable bonds is 8. The van der Waals surface area contributed by atoms with Gasteiger partial charge in [-0.2, -0.15) is 0 Å². The van der Waals surface area contributed by atoms with Crippen LogP contribution >= 0.6 is 11.6 Å². The number of halogens is 1. The lowest BCUT2D eigenvalue weighted by Crippen LogP contribution is -2.36. The van der Waals surface area contributed by atoms with Crippen LogP contribution in [0.3, 0.4) is 0 Å². The monoisotopic (exact) mass is 445 g/mol. The second kappa shape index (κ2) is 9.79. The molecule has 162 valence electrons. The lowest BCUT2D eigenvalue weighted by molar-refractivity contribution is -0.122. The third-order valence-corrected chi connectivity index (χ3v) is 5.63. The fourth-order valence-corrected chi connectivity index (χ4v) is 3.83. The molecule has 1 aromatic heterocycles. The minimum Gasteiger partial charge on any atom is -0.352 e. The molecule has 1 unspecified atom stereocenters. The molecule has 0 fully saturated rings. The average Bonchev–Trinajstić information content (AvgIpc) is 3.16. The molecule has 0 bridgehead atoms. The zero-order chi connectivity index (χ0) is 22.5. The Morgan fingerprint density at radius 1 is 0.969 bits per heavy atom. The smallest absolute Gasteiger partial charge is 0.240 e. The van der Waals surface area contributed by atoms with Crippen LogP contribution < -0.4 is 5.32 Å². The molecule has 6 heteroatoms. The maximum Gasteiger partial charge on any atom is 0.240 e. The van der Waals surface area contributed by atoms with Crippen molar-refractivity contribution >= 4 is 34.3 Å². The molecule has 0 aliphatic rings. The first-order valence-electron chi connectivity index (χ1n) is 10.6. The van der Waals surface area contributed by atoms with Gasteiger partial charge in [0.2, 0.25) is 11.7 Å². The molecule has 4 rings (SSSR count). The predicted molar refractivity (Wildman–Crippen MR) is 127 cm³/mol.